The number of rotatable bonds is 7. The maximum absolute atomic E-state index is 12.7. The summed E-state index contributed by atoms with van der Waals surface area (Å²) in [7, 11) is -3.41. The molecular weight excluding hydrogens is 402 g/mol. The third-order valence-electron chi connectivity index (χ3n) is 5.29. The lowest BCUT2D eigenvalue weighted by atomic mass is 9.97. The predicted octanol–water partition coefficient (Wildman–Crippen LogP) is 1.33. The Morgan fingerprint density at radius 3 is 2.57 bits per heavy atom. The van der Waals surface area contributed by atoms with Gasteiger partial charge in [0, 0.05) is 50.2 Å². The van der Waals surface area contributed by atoms with Crippen molar-refractivity contribution in [3.8, 4) is 0 Å². The number of benzene rings is 1. The Morgan fingerprint density at radius 2 is 1.89 bits per heavy atom. The zero-order chi connectivity index (χ0) is 20.0. The van der Waals surface area contributed by atoms with Gasteiger partial charge >= 0.3 is 0 Å². The number of piperidine rings is 1. The van der Waals surface area contributed by atoms with Crippen molar-refractivity contribution in [3.05, 3.63) is 34.9 Å². The third kappa shape index (κ3) is 6.15. The number of hydrogen-bond acceptors (Lipinski definition) is 5. The molecule has 0 aliphatic carbocycles. The molecule has 28 heavy (non-hydrogen) atoms. The van der Waals surface area contributed by atoms with Gasteiger partial charge in [-0.05, 0) is 30.5 Å². The van der Waals surface area contributed by atoms with E-state index in [0.29, 0.717) is 43.1 Å². The number of hydrogen-bond donors (Lipinski definition) is 1. The zero-order valence-corrected chi connectivity index (χ0v) is 17.6. The van der Waals surface area contributed by atoms with E-state index in [1.54, 1.807) is 24.3 Å². The van der Waals surface area contributed by atoms with E-state index in [-0.39, 0.29) is 17.6 Å². The number of amides is 1. The summed E-state index contributed by atoms with van der Waals surface area (Å²) in [5, 5.41) is 3.52. The number of nitrogens with zero attached hydrogens (tertiary/aromatic N) is 2. The van der Waals surface area contributed by atoms with Crippen molar-refractivity contribution in [1.29, 1.82) is 0 Å². The van der Waals surface area contributed by atoms with Crippen molar-refractivity contribution in [2.45, 2.75) is 18.6 Å². The number of sulfonamides is 1. The molecular formula is C19H28ClN3O4S. The van der Waals surface area contributed by atoms with E-state index in [4.69, 9.17) is 16.3 Å². The summed E-state index contributed by atoms with van der Waals surface area (Å²) >= 11 is 5.94. The van der Waals surface area contributed by atoms with Gasteiger partial charge in [-0.1, -0.05) is 23.7 Å². The van der Waals surface area contributed by atoms with Gasteiger partial charge in [0.2, 0.25) is 15.9 Å². The summed E-state index contributed by atoms with van der Waals surface area (Å²) in [6.07, 6.45) is 1.11. The van der Waals surface area contributed by atoms with Crippen molar-refractivity contribution in [3.63, 3.8) is 0 Å². The monoisotopic (exact) mass is 429 g/mol. The van der Waals surface area contributed by atoms with Crippen LogP contribution in [0.25, 0.3) is 0 Å². The van der Waals surface area contributed by atoms with Crippen LogP contribution in [0, 0.1) is 5.92 Å². The summed E-state index contributed by atoms with van der Waals surface area (Å²) in [4.78, 5) is 14.7. The van der Waals surface area contributed by atoms with Crippen LogP contribution in [0.4, 0.5) is 0 Å². The van der Waals surface area contributed by atoms with E-state index >= 15 is 0 Å². The molecule has 0 atom stereocenters. The third-order valence-corrected chi connectivity index (χ3v) is 7.37. The minimum atomic E-state index is -3.41. The zero-order valence-electron chi connectivity index (χ0n) is 16.0. The largest absolute Gasteiger partial charge is 0.379 e. The van der Waals surface area contributed by atoms with Crippen LogP contribution in [-0.4, -0.2) is 76.0 Å². The summed E-state index contributed by atoms with van der Waals surface area (Å²) in [5.74, 6) is -0.160. The molecule has 0 saturated carbocycles. The van der Waals surface area contributed by atoms with Gasteiger partial charge in [-0.15, -0.1) is 0 Å². The number of carbonyl (C=O) groups excluding carboxylic acids is 1. The highest BCUT2D eigenvalue weighted by atomic mass is 35.5. The normalized spacial score (nSPS) is 20.2. The molecule has 3 rings (SSSR count). The van der Waals surface area contributed by atoms with Crippen molar-refractivity contribution < 1.29 is 17.9 Å². The maximum Gasteiger partial charge on any atom is 0.223 e. The van der Waals surface area contributed by atoms with Gasteiger partial charge in [0.25, 0.3) is 0 Å². The van der Waals surface area contributed by atoms with E-state index in [2.05, 4.69) is 10.2 Å². The fraction of sp³-hybridized carbons (Fsp3) is 0.632. The molecule has 1 N–H and O–H groups in total. The molecule has 1 aromatic carbocycles. The molecule has 1 amide bonds. The molecule has 156 valence electrons. The van der Waals surface area contributed by atoms with Gasteiger partial charge in [0.05, 0.1) is 19.0 Å². The second-order valence-corrected chi connectivity index (χ2v) is 9.71. The fourth-order valence-corrected chi connectivity index (χ4v) is 5.39. The standard InChI is InChI=1S/C19H28ClN3O4S/c20-18-3-1-2-16(14-18)15-28(25,26)23-7-4-17(5-8-23)19(24)21-6-9-22-10-12-27-13-11-22/h1-3,14,17H,4-13,15H2,(H,21,24). The van der Waals surface area contributed by atoms with Crippen molar-refractivity contribution >= 4 is 27.5 Å². The minimum absolute atomic E-state index is 0.0279. The highest BCUT2D eigenvalue weighted by molar-refractivity contribution is 7.88. The number of morpholine rings is 1. The first-order valence-electron chi connectivity index (χ1n) is 9.74. The van der Waals surface area contributed by atoms with Crippen LogP contribution in [0.3, 0.4) is 0 Å². The predicted molar refractivity (Wildman–Crippen MR) is 109 cm³/mol. The van der Waals surface area contributed by atoms with E-state index in [1.807, 2.05) is 0 Å². The van der Waals surface area contributed by atoms with E-state index < -0.39 is 10.0 Å². The van der Waals surface area contributed by atoms with Gasteiger partial charge in [0.1, 0.15) is 0 Å². The van der Waals surface area contributed by atoms with Crippen LogP contribution < -0.4 is 5.32 Å². The molecule has 9 heteroatoms. The molecule has 1 aromatic rings. The number of nitrogens with one attached hydrogen (secondary N) is 1. The molecule has 0 aromatic heterocycles. The van der Waals surface area contributed by atoms with Crippen LogP contribution in [0.15, 0.2) is 24.3 Å². The van der Waals surface area contributed by atoms with Crippen molar-refractivity contribution in [2.24, 2.45) is 5.92 Å². The lowest BCUT2D eigenvalue weighted by Crippen LogP contribution is -2.45. The fourth-order valence-electron chi connectivity index (χ4n) is 3.63. The van der Waals surface area contributed by atoms with Gasteiger partial charge in [-0.25, -0.2) is 12.7 Å². The topological polar surface area (TPSA) is 79.0 Å². The number of carbonyl (C=O) groups is 1. The highest BCUT2D eigenvalue weighted by Gasteiger charge is 2.31. The second-order valence-electron chi connectivity index (χ2n) is 7.30. The summed E-state index contributed by atoms with van der Waals surface area (Å²) in [6.45, 7) is 5.49. The smallest absolute Gasteiger partial charge is 0.223 e. The Morgan fingerprint density at radius 1 is 1.18 bits per heavy atom. The first-order valence-corrected chi connectivity index (χ1v) is 11.7. The van der Waals surface area contributed by atoms with Crippen LogP contribution in [0.2, 0.25) is 5.02 Å². The van der Waals surface area contributed by atoms with Gasteiger partial charge < -0.3 is 10.1 Å². The Labute approximate surface area is 172 Å². The molecule has 0 radical (unpaired) electrons. The van der Waals surface area contributed by atoms with Crippen molar-refractivity contribution in [1.82, 2.24) is 14.5 Å². The first-order chi connectivity index (χ1) is 13.4. The first kappa shape index (κ1) is 21.5. The lowest BCUT2D eigenvalue weighted by molar-refractivity contribution is -0.126. The lowest BCUT2D eigenvalue weighted by Gasteiger charge is -2.31. The Kier molecular flexibility index (Phi) is 7.70. The summed E-state index contributed by atoms with van der Waals surface area (Å²) in [5.41, 5.74) is 0.676. The van der Waals surface area contributed by atoms with Gasteiger partial charge in [-0.3, -0.25) is 9.69 Å². The molecule has 7 nitrogen and oxygen atoms in total. The Bertz CT molecular complexity index is 760. The van der Waals surface area contributed by atoms with E-state index in [9.17, 15) is 13.2 Å². The average molecular weight is 430 g/mol. The van der Waals surface area contributed by atoms with Crippen LogP contribution >= 0.6 is 11.6 Å². The van der Waals surface area contributed by atoms with E-state index in [0.717, 1.165) is 32.8 Å². The number of ether oxygens (including phenoxy) is 1. The minimum Gasteiger partial charge on any atom is -0.379 e. The average Bonchev–Trinajstić information content (AvgIpc) is 2.68. The molecule has 2 heterocycles. The second kappa shape index (κ2) is 10.0. The highest BCUT2D eigenvalue weighted by Crippen LogP contribution is 2.22. The van der Waals surface area contributed by atoms with E-state index in [1.165, 1.54) is 4.31 Å². The van der Waals surface area contributed by atoms with Crippen LogP contribution in [0.1, 0.15) is 18.4 Å². The summed E-state index contributed by atoms with van der Waals surface area (Å²) in [6, 6.07) is 6.91. The van der Waals surface area contributed by atoms with Crippen LogP contribution in [-0.2, 0) is 25.3 Å². The Hall–Kier alpha value is -1.19. The van der Waals surface area contributed by atoms with Crippen LogP contribution in [0.5, 0.6) is 0 Å². The molecule has 2 aliphatic heterocycles. The van der Waals surface area contributed by atoms with Gasteiger partial charge in [-0.2, -0.15) is 0 Å². The molecule has 0 unspecified atom stereocenters. The quantitative estimate of drug-likeness (QED) is 0.707. The molecule has 2 fully saturated rings. The molecule has 2 saturated heterocycles. The number of halogens is 1. The van der Waals surface area contributed by atoms with Gasteiger partial charge in [0.15, 0.2) is 0 Å². The molecule has 0 bridgehead atoms. The summed E-state index contributed by atoms with van der Waals surface area (Å²) < 4.78 is 32.1. The molecule has 2 aliphatic rings. The SMILES string of the molecule is O=C(NCCN1CCOCC1)C1CCN(S(=O)(=O)Cc2cccc(Cl)c2)CC1. The Balaban J connectivity index is 1.42. The van der Waals surface area contributed by atoms with Crippen molar-refractivity contribution in [2.75, 3.05) is 52.5 Å². The molecule has 0 spiro atoms. The maximum atomic E-state index is 12.7.